The van der Waals surface area contributed by atoms with Crippen molar-refractivity contribution >= 4 is 29.9 Å². The Bertz CT molecular complexity index is 446. The van der Waals surface area contributed by atoms with E-state index in [4.69, 9.17) is 10.5 Å². The zero-order chi connectivity index (χ0) is 14.1. The van der Waals surface area contributed by atoms with Gasteiger partial charge in [0.2, 0.25) is 11.8 Å². The minimum atomic E-state index is -0.582. The van der Waals surface area contributed by atoms with E-state index in [1.54, 1.807) is 24.3 Å². The van der Waals surface area contributed by atoms with Crippen LogP contribution in [0.2, 0.25) is 0 Å². The second-order valence-electron chi connectivity index (χ2n) is 3.59. The van der Waals surface area contributed by atoms with Gasteiger partial charge in [-0.05, 0) is 12.1 Å². The van der Waals surface area contributed by atoms with Crippen LogP contribution < -0.4 is 21.1 Å². The summed E-state index contributed by atoms with van der Waals surface area (Å²) < 4.78 is 17.0. The fourth-order valence-corrected chi connectivity index (χ4v) is 1.28. The van der Waals surface area contributed by atoms with Gasteiger partial charge in [-0.3, -0.25) is 9.59 Å². The van der Waals surface area contributed by atoms with E-state index in [1.807, 2.05) is 0 Å². The van der Waals surface area contributed by atoms with Gasteiger partial charge in [-0.2, -0.15) is 0 Å². The lowest BCUT2D eigenvalue weighted by Gasteiger charge is -2.08. The number of anilines is 1. The van der Waals surface area contributed by atoms with Gasteiger partial charge in [0.15, 0.2) is 0 Å². The highest BCUT2D eigenvalue weighted by Crippen LogP contribution is 2.17. The van der Waals surface area contributed by atoms with Crippen molar-refractivity contribution in [2.75, 3.05) is 31.7 Å². The number of benzene rings is 1. The number of rotatable bonds is 7. The first-order valence-corrected chi connectivity index (χ1v) is 5.71. The number of carbonyl (C=O) groups excluding carboxylic acids is 2. The van der Waals surface area contributed by atoms with E-state index < -0.39 is 12.6 Å². The molecule has 20 heavy (non-hydrogen) atoms. The van der Waals surface area contributed by atoms with Gasteiger partial charge in [0, 0.05) is 11.8 Å². The number of amides is 2. The molecule has 0 fully saturated rings. The van der Waals surface area contributed by atoms with E-state index >= 15 is 0 Å². The highest BCUT2D eigenvalue weighted by molar-refractivity contribution is 5.94. The normalized spacial score (nSPS) is 9.30. The van der Waals surface area contributed by atoms with E-state index in [1.165, 1.54) is 0 Å². The molecule has 1 aromatic rings. The van der Waals surface area contributed by atoms with Crippen LogP contribution in [0.5, 0.6) is 5.75 Å². The maximum Gasteiger partial charge on any atom is 0.243 e. The maximum absolute atomic E-state index is 12.0. The number of hydrogen-bond donors (Lipinski definition) is 3. The number of alkyl halides is 1. The molecule has 6 nitrogen and oxygen atoms in total. The molecule has 0 atom stereocenters. The summed E-state index contributed by atoms with van der Waals surface area (Å²) in [4.78, 5) is 22.4. The lowest BCUT2D eigenvalue weighted by molar-refractivity contribution is -0.123. The molecule has 0 aliphatic heterocycles. The van der Waals surface area contributed by atoms with E-state index in [-0.39, 0.29) is 38.0 Å². The average Bonchev–Trinajstić information content (AvgIpc) is 2.43. The van der Waals surface area contributed by atoms with Gasteiger partial charge in [-0.1, -0.05) is 6.07 Å². The molecule has 0 aromatic heterocycles. The Labute approximate surface area is 122 Å². The van der Waals surface area contributed by atoms with Gasteiger partial charge in [0.05, 0.1) is 13.1 Å². The van der Waals surface area contributed by atoms with Crippen molar-refractivity contribution in [2.24, 2.45) is 5.73 Å². The lowest BCUT2D eigenvalue weighted by Crippen LogP contribution is -2.36. The fourth-order valence-electron chi connectivity index (χ4n) is 1.28. The molecule has 0 saturated heterocycles. The van der Waals surface area contributed by atoms with Crippen LogP contribution in [0.4, 0.5) is 10.1 Å². The molecule has 0 unspecified atom stereocenters. The van der Waals surface area contributed by atoms with Crippen molar-refractivity contribution in [2.45, 2.75) is 0 Å². The van der Waals surface area contributed by atoms with Crippen molar-refractivity contribution in [1.82, 2.24) is 5.32 Å². The highest BCUT2D eigenvalue weighted by Gasteiger charge is 2.05. The zero-order valence-corrected chi connectivity index (χ0v) is 11.5. The zero-order valence-electron chi connectivity index (χ0n) is 10.7. The molecular weight excluding hydrogens is 289 g/mol. The molecule has 0 bridgehead atoms. The van der Waals surface area contributed by atoms with Crippen LogP contribution in [0.1, 0.15) is 0 Å². The van der Waals surface area contributed by atoms with Crippen LogP contribution in [-0.4, -0.2) is 38.2 Å². The summed E-state index contributed by atoms with van der Waals surface area (Å²) in [6.07, 6.45) is 0. The quantitative estimate of drug-likeness (QED) is 0.682. The summed E-state index contributed by atoms with van der Waals surface area (Å²) in [6.45, 7) is -0.947. The maximum atomic E-state index is 12.0. The Morgan fingerprint density at radius 1 is 1.30 bits per heavy atom. The number of hydrogen-bond acceptors (Lipinski definition) is 4. The topological polar surface area (TPSA) is 93.5 Å². The standard InChI is InChI=1S/C12H16FN3O3.ClH/c13-4-5-19-10-3-1-2-9(6-10)16-12(18)8-15-11(17)7-14;/h1-3,6H,4-5,7-8,14H2,(H,15,17)(H,16,18);1H. The fraction of sp³-hybridized carbons (Fsp3) is 0.333. The second-order valence-corrected chi connectivity index (χ2v) is 3.59. The summed E-state index contributed by atoms with van der Waals surface area (Å²) in [6, 6.07) is 6.55. The third kappa shape index (κ3) is 6.91. The number of nitrogens with one attached hydrogen (secondary N) is 2. The van der Waals surface area contributed by atoms with Crippen LogP contribution in [-0.2, 0) is 9.59 Å². The minimum Gasteiger partial charge on any atom is -0.491 e. The Hall–Kier alpha value is -1.86. The molecule has 0 radical (unpaired) electrons. The number of halogens is 2. The summed E-state index contributed by atoms with van der Waals surface area (Å²) >= 11 is 0. The second kappa shape index (κ2) is 9.99. The first kappa shape index (κ1) is 18.1. The first-order chi connectivity index (χ1) is 9.15. The number of ether oxygens (including phenoxy) is 1. The molecule has 0 aliphatic rings. The summed E-state index contributed by atoms with van der Waals surface area (Å²) in [7, 11) is 0. The molecular formula is C12H17ClFN3O3. The summed E-state index contributed by atoms with van der Waals surface area (Å²) in [5, 5.41) is 4.91. The van der Waals surface area contributed by atoms with Crippen molar-refractivity contribution in [3.05, 3.63) is 24.3 Å². The van der Waals surface area contributed by atoms with Crippen molar-refractivity contribution in [3.63, 3.8) is 0 Å². The molecule has 0 spiro atoms. The average molecular weight is 306 g/mol. The summed E-state index contributed by atoms with van der Waals surface area (Å²) in [5.41, 5.74) is 5.59. The number of nitrogens with two attached hydrogens (primary N) is 1. The molecule has 0 saturated carbocycles. The van der Waals surface area contributed by atoms with E-state index in [2.05, 4.69) is 10.6 Å². The largest absolute Gasteiger partial charge is 0.491 e. The Morgan fingerprint density at radius 3 is 2.70 bits per heavy atom. The van der Waals surface area contributed by atoms with Crippen LogP contribution in [0.25, 0.3) is 0 Å². The molecule has 8 heteroatoms. The molecule has 2 amide bonds. The van der Waals surface area contributed by atoms with Crippen LogP contribution in [0.3, 0.4) is 0 Å². The van der Waals surface area contributed by atoms with Gasteiger partial charge >= 0.3 is 0 Å². The SMILES string of the molecule is Cl.NCC(=O)NCC(=O)Nc1cccc(OCCF)c1. The minimum absolute atomic E-state index is 0. The third-order valence-electron chi connectivity index (χ3n) is 2.10. The first-order valence-electron chi connectivity index (χ1n) is 5.71. The molecule has 1 aromatic carbocycles. The molecule has 4 N–H and O–H groups in total. The number of carbonyl (C=O) groups is 2. The predicted octanol–water partition coefficient (Wildman–Crippen LogP) is 0.470. The predicted molar refractivity (Wildman–Crippen MR) is 75.9 cm³/mol. The Kier molecular flexibility index (Phi) is 9.06. The van der Waals surface area contributed by atoms with Crippen LogP contribution in [0, 0.1) is 0 Å². The van der Waals surface area contributed by atoms with Gasteiger partial charge in [-0.15, -0.1) is 12.4 Å². The van der Waals surface area contributed by atoms with Crippen molar-refractivity contribution < 1.29 is 18.7 Å². The molecule has 0 aliphatic carbocycles. The van der Waals surface area contributed by atoms with Gasteiger partial charge < -0.3 is 21.1 Å². The van der Waals surface area contributed by atoms with Crippen molar-refractivity contribution in [1.29, 1.82) is 0 Å². The van der Waals surface area contributed by atoms with Crippen LogP contribution in [0.15, 0.2) is 24.3 Å². The van der Waals surface area contributed by atoms with Gasteiger partial charge in [0.1, 0.15) is 19.0 Å². The Morgan fingerprint density at radius 2 is 2.05 bits per heavy atom. The molecule has 112 valence electrons. The van der Waals surface area contributed by atoms with E-state index in [0.29, 0.717) is 11.4 Å². The van der Waals surface area contributed by atoms with Crippen LogP contribution >= 0.6 is 12.4 Å². The summed E-state index contributed by atoms with van der Waals surface area (Å²) in [5.74, 6) is -0.332. The van der Waals surface area contributed by atoms with Gasteiger partial charge in [0.25, 0.3) is 0 Å². The van der Waals surface area contributed by atoms with E-state index in [0.717, 1.165) is 0 Å². The van der Waals surface area contributed by atoms with Gasteiger partial charge in [-0.25, -0.2) is 4.39 Å². The lowest BCUT2D eigenvalue weighted by atomic mass is 10.3. The van der Waals surface area contributed by atoms with E-state index in [9.17, 15) is 14.0 Å². The molecule has 1 rings (SSSR count). The third-order valence-corrected chi connectivity index (χ3v) is 2.10. The smallest absolute Gasteiger partial charge is 0.243 e. The molecule has 0 heterocycles. The monoisotopic (exact) mass is 305 g/mol. The Balaban J connectivity index is 0.00000361. The highest BCUT2D eigenvalue weighted by atomic mass is 35.5. The van der Waals surface area contributed by atoms with Crippen molar-refractivity contribution in [3.8, 4) is 5.75 Å².